The highest BCUT2D eigenvalue weighted by Gasteiger charge is 2.34. The maximum Gasteiger partial charge on any atom is 0.257 e. The molecule has 1 saturated heterocycles. The topological polar surface area (TPSA) is 66.0 Å². The lowest BCUT2D eigenvalue weighted by Gasteiger charge is -2.38. The molecule has 0 bridgehead atoms. The van der Waals surface area contributed by atoms with E-state index in [4.69, 9.17) is 18.9 Å². The summed E-state index contributed by atoms with van der Waals surface area (Å²) >= 11 is 0. The minimum Gasteiger partial charge on any atom is -0.497 e. The molecule has 6 heteroatoms. The second-order valence-electron chi connectivity index (χ2n) is 6.87. The van der Waals surface area contributed by atoms with E-state index in [0.717, 1.165) is 18.6 Å². The number of hydrogen-bond acceptors (Lipinski definition) is 5. The zero-order valence-electron chi connectivity index (χ0n) is 16.4. The van der Waals surface area contributed by atoms with Gasteiger partial charge in [-0.15, -0.1) is 0 Å². The molecular weight excluding hydrogens is 358 g/mol. The fourth-order valence-corrected chi connectivity index (χ4v) is 3.43. The summed E-state index contributed by atoms with van der Waals surface area (Å²) in [4.78, 5) is 12.4. The molecule has 1 aliphatic heterocycles. The van der Waals surface area contributed by atoms with Gasteiger partial charge in [-0.2, -0.15) is 0 Å². The fraction of sp³-hybridized carbons (Fsp3) is 0.409. The molecule has 28 heavy (non-hydrogen) atoms. The largest absolute Gasteiger partial charge is 0.497 e. The average molecular weight is 385 g/mol. The van der Waals surface area contributed by atoms with Crippen LogP contribution in [0.5, 0.6) is 17.2 Å². The Labute approximate surface area is 165 Å². The maximum atomic E-state index is 12.4. The van der Waals surface area contributed by atoms with Gasteiger partial charge < -0.3 is 24.3 Å². The van der Waals surface area contributed by atoms with E-state index in [9.17, 15) is 4.79 Å². The average Bonchev–Trinajstić information content (AvgIpc) is 2.77. The Hall–Kier alpha value is -2.73. The molecule has 1 amide bonds. The Kier molecular flexibility index (Phi) is 6.76. The van der Waals surface area contributed by atoms with E-state index >= 15 is 0 Å². The molecule has 2 aromatic rings. The Morgan fingerprint density at radius 2 is 1.68 bits per heavy atom. The van der Waals surface area contributed by atoms with Gasteiger partial charge in [-0.25, -0.2) is 0 Å². The first kappa shape index (κ1) is 20.0. The Morgan fingerprint density at radius 1 is 1.00 bits per heavy atom. The minimum absolute atomic E-state index is 0.0393. The monoisotopic (exact) mass is 385 g/mol. The van der Waals surface area contributed by atoms with E-state index < -0.39 is 0 Å². The molecule has 1 aliphatic rings. The van der Waals surface area contributed by atoms with Crippen LogP contribution in [0.25, 0.3) is 0 Å². The van der Waals surface area contributed by atoms with Crippen LogP contribution in [0, 0.1) is 0 Å². The van der Waals surface area contributed by atoms with Crippen molar-refractivity contribution in [1.82, 2.24) is 5.32 Å². The number of carbonyl (C=O) groups is 1. The number of rotatable bonds is 8. The van der Waals surface area contributed by atoms with E-state index in [0.29, 0.717) is 31.3 Å². The zero-order chi connectivity index (χ0) is 19.8. The highest BCUT2D eigenvalue weighted by atomic mass is 16.5. The molecule has 0 unspecified atom stereocenters. The first-order chi connectivity index (χ1) is 13.6. The summed E-state index contributed by atoms with van der Waals surface area (Å²) < 4.78 is 21.6. The summed E-state index contributed by atoms with van der Waals surface area (Å²) in [6.45, 7) is 1.87. The number of hydrogen-bond donors (Lipinski definition) is 1. The summed E-state index contributed by atoms with van der Waals surface area (Å²) in [7, 11) is 3.25. The fourth-order valence-electron chi connectivity index (χ4n) is 3.43. The number of methoxy groups -OCH3 is 2. The van der Waals surface area contributed by atoms with Gasteiger partial charge in [0, 0.05) is 31.2 Å². The van der Waals surface area contributed by atoms with E-state index in [1.165, 1.54) is 5.56 Å². The zero-order valence-corrected chi connectivity index (χ0v) is 16.4. The van der Waals surface area contributed by atoms with Gasteiger partial charge in [0.2, 0.25) is 0 Å². The van der Waals surface area contributed by atoms with Gasteiger partial charge in [-0.3, -0.25) is 4.79 Å². The first-order valence-electron chi connectivity index (χ1n) is 9.41. The number of nitrogens with one attached hydrogen (secondary N) is 1. The van der Waals surface area contributed by atoms with Crippen LogP contribution in [0.15, 0.2) is 48.5 Å². The molecule has 1 heterocycles. The van der Waals surface area contributed by atoms with Gasteiger partial charge in [-0.05, 0) is 42.7 Å². The van der Waals surface area contributed by atoms with Gasteiger partial charge in [0.1, 0.15) is 17.2 Å². The van der Waals surface area contributed by atoms with Crippen molar-refractivity contribution in [3.05, 3.63) is 54.1 Å². The normalized spacial score (nSPS) is 15.5. The van der Waals surface area contributed by atoms with E-state index in [-0.39, 0.29) is 17.9 Å². The molecule has 0 aliphatic carbocycles. The third-order valence-electron chi connectivity index (χ3n) is 5.19. The second kappa shape index (κ2) is 9.46. The van der Waals surface area contributed by atoms with Crippen LogP contribution in [0.4, 0.5) is 0 Å². The van der Waals surface area contributed by atoms with Crippen LogP contribution >= 0.6 is 0 Å². The summed E-state index contributed by atoms with van der Waals surface area (Å²) in [6.07, 6.45) is 1.71. The molecule has 1 fully saturated rings. The van der Waals surface area contributed by atoms with E-state index in [1.54, 1.807) is 26.4 Å². The van der Waals surface area contributed by atoms with Crippen molar-refractivity contribution in [2.24, 2.45) is 0 Å². The van der Waals surface area contributed by atoms with Gasteiger partial charge in [0.25, 0.3) is 5.91 Å². The molecule has 0 atom stereocenters. The smallest absolute Gasteiger partial charge is 0.257 e. The SMILES string of the molecule is COc1ccc(C2(CNC(=O)COc3cccc(OC)c3)CCOCC2)cc1. The lowest BCUT2D eigenvalue weighted by Crippen LogP contribution is -2.45. The summed E-state index contributed by atoms with van der Waals surface area (Å²) in [6, 6.07) is 15.3. The second-order valence-corrected chi connectivity index (χ2v) is 6.87. The van der Waals surface area contributed by atoms with Crippen molar-refractivity contribution in [3.8, 4) is 17.2 Å². The molecular formula is C22H27NO5. The lowest BCUT2D eigenvalue weighted by molar-refractivity contribution is -0.123. The highest BCUT2D eigenvalue weighted by Crippen LogP contribution is 2.35. The number of carbonyl (C=O) groups excluding carboxylic acids is 1. The van der Waals surface area contributed by atoms with Gasteiger partial charge in [-0.1, -0.05) is 18.2 Å². The van der Waals surface area contributed by atoms with Gasteiger partial charge in [0.05, 0.1) is 14.2 Å². The van der Waals surface area contributed by atoms with Gasteiger partial charge >= 0.3 is 0 Å². The van der Waals surface area contributed by atoms with Crippen LogP contribution in [0.2, 0.25) is 0 Å². The third-order valence-corrected chi connectivity index (χ3v) is 5.19. The molecule has 0 aromatic heterocycles. The molecule has 6 nitrogen and oxygen atoms in total. The van der Waals surface area contributed by atoms with Crippen LogP contribution in [0.3, 0.4) is 0 Å². The molecule has 0 spiro atoms. The Bertz CT molecular complexity index is 769. The van der Waals surface area contributed by atoms with Gasteiger partial charge in [0.15, 0.2) is 6.61 Å². The minimum atomic E-state index is -0.151. The summed E-state index contributed by atoms with van der Waals surface area (Å²) in [5, 5.41) is 3.04. The molecule has 0 saturated carbocycles. The van der Waals surface area contributed by atoms with E-state index in [1.807, 2.05) is 24.3 Å². The van der Waals surface area contributed by atoms with Crippen molar-refractivity contribution in [2.75, 3.05) is 40.6 Å². The van der Waals surface area contributed by atoms with Crippen molar-refractivity contribution >= 4 is 5.91 Å². The third kappa shape index (κ3) is 4.95. The first-order valence-corrected chi connectivity index (χ1v) is 9.41. The predicted molar refractivity (Wildman–Crippen MR) is 106 cm³/mol. The molecule has 0 radical (unpaired) electrons. The maximum absolute atomic E-state index is 12.4. The van der Waals surface area contributed by atoms with Crippen molar-refractivity contribution in [2.45, 2.75) is 18.3 Å². The number of ether oxygens (including phenoxy) is 4. The van der Waals surface area contributed by atoms with Crippen molar-refractivity contribution in [1.29, 1.82) is 0 Å². The molecule has 1 N–H and O–H groups in total. The molecule has 150 valence electrons. The van der Waals surface area contributed by atoms with Crippen molar-refractivity contribution in [3.63, 3.8) is 0 Å². The standard InChI is InChI=1S/C22H27NO5/c1-25-18-8-6-17(7-9-18)22(10-12-27-13-11-22)16-23-21(24)15-28-20-5-3-4-19(14-20)26-2/h3-9,14H,10-13,15-16H2,1-2H3,(H,23,24). The van der Waals surface area contributed by atoms with E-state index in [2.05, 4.69) is 17.4 Å². The number of benzene rings is 2. The Morgan fingerprint density at radius 3 is 2.36 bits per heavy atom. The molecule has 2 aromatic carbocycles. The predicted octanol–water partition coefficient (Wildman–Crippen LogP) is 2.95. The lowest BCUT2D eigenvalue weighted by atomic mass is 9.74. The quantitative estimate of drug-likeness (QED) is 0.757. The summed E-state index contributed by atoms with van der Waals surface area (Å²) in [5.74, 6) is 1.97. The van der Waals surface area contributed by atoms with Crippen LogP contribution in [0.1, 0.15) is 18.4 Å². The van der Waals surface area contributed by atoms with Crippen LogP contribution in [-0.2, 0) is 14.9 Å². The Balaban J connectivity index is 1.60. The number of amides is 1. The van der Waals surface area contributed by atoms with Crippen LogP contribution in [-0.4, -0.2) is 46.5 Å². The summed E-state index contributed by atoms with van der Waals surface area (Å²) in [5.41, 5.74) is 1.04. The molecule has 3 rings (SSSR count). The van der Waals surface area contributed by atoms with Crippen molar-refractivity contribution < 1.29 is 23.7 Å². The van der Waals surface area contributed by atoms with Crippen LogP contribution < -0.4 is 19.5 Å². The highest BCUT2D eigenvalue weighted by molar-refractivity contribution is 5.77.